The van der Waals surface area contributed by atoms with Crippen LogP contribution in [0.2, 0.25) is 0 Å². The molecule has 0 spiro atoms. The lowest BCUT2D eigenvalue weighted by Gasteiger charge is -2.06. The quantitative estimate of drug-likeness (QED) is 0.896. The zero-order valence-corrected chi connectivity index (χ0v) is 11.3. The summed E-state index contributed by atoms with van der Waals surface area (Å²) in [7, 11) is 0. The summed E-state index contributed by atoms with van der Waals surface area (Å²) in [5.74, 6) is 0.570. The molecule has 0 amide bonds. The van der Waals surface area contributed by atoms with Crippen LogP contribution in [0.1, 0.15) is 35.2 Å². The number of aromatic nitrogens is 1. The predicted octanol–water partition coefficient (Wildman–Crippen LogP) is 3.70. The van der Waals surface area contributed by atoms with Gasteiger partial charge in [0.1, 0.15) is 5.01 Å². The maximum absolute atomic E-state index is 5.62. The van der Waals surface area contributed by atoms with E-state index in [2.05, 4.69) is 50.0 Å². The SMILES string of the molecule is Cc1sc(CN)nc1-c1ccc(C(C)C)cc1. The minimum atomic E-state index is 0.523. The van der Waals surface area contributed by atoms with E-state index in [-0.39, 0.29) is 0 Å². The van der Waals surface area contributed by atoms with Gasteiger partial charge >= 0.3 is 0 Å². The normalized spacial score (nSPS) is 11.1. The molecular formula is C14H18N2S. The largest absolute Gasteiger partial charge is 0.325 e. The number of hydrogen-bond acceptors (Lipinski definition) is 3. The molecule has 2 N–H and O–H groups in total. The molecule has 2 aromatic rings. The molecule has 0 aliphatic carbocycles. The van der Waals surface area contributed by atoms with Crippen molar-refractivity contribution in [1.29, 1.82) is 0 Å². The van der Waals surface area contributed by atoms with Gasteiger partial charge in [-0.25, -0.2) is 4.98 Å². The van der Waals surface area contributed by atoms with Gasteiger partial charge < -0.3 is 5.73 Å². The highest BCUT2D eigenvalue weighted by molar-refractivity contribution is 7.12. The van der Waals surface area contributed by atoms with E-state index < -0.39 is 0 Å². The molecule has 2 nitrogen and oxygen atoms in total. The van der Waals surface area contributed by atoms with Crippen molar-refractivity contribution in [2.24, 2.45) is 5.73 Å². The molecule has 0 atom stereocenters. The highest BCUT2D eigenvalue weighted by Crippen LogP contribution is 2.28. The van der Waals surface area contributed by atoms with Gasteiger partial charge in [0.15, 0.2) is 0 Å². The van der Waals surface area contributed by atoms with E-state index >= 15 is 0 Å². The lowest BCUT2D eigenvalue weighted by Crippen LogP contribution is -1.94. The Kier molecular flexibility index (Phi) is 3.60. The van der Waals surface area contributed by atoms with Gasteiger partial charge in [0.25, 0.3) is 0 Å². The van der Waals surface area contributed by atoms with Crippen LogP contribution < -0.4 is 5.73 Å². The molecule has 0 fully saturated rings. The van der Waals surface area contributed by atoms with Crippen molar-refractivity contribution in [3.05, 3.63) is 39.7 Å². The van der Waals surface area contributed by atoms with Gasteiger partial charge in [-0.05, 0) is 18.4 Å². The van der Waals surface area contributed by atoms with Crippen molar-refractivity contribution in [3.63, 3.8) is 0 Å². The van der Waals surface area contributed by atoms with E-state index in [4.69, 9.17) is 5.73 Å². The van der Waals surface area contributed by atoms with Crippen LogP contribution in [-0.2, 0) is 6.54 Å². The van der Waals surface area contributed by atoms with Gasteiger partial charge in [-0.3, -0.25) is 0 Å². The first-order valence-electron chi connectivity index (χ1n) is 5.88. The standard InChI is InChI=1S/C14H18N2S/c1-9(2)11-4-6-12(7-5-11)14-10(3)17-13(8-15)16-14/h4-7,9H,8,15H2,1-3H3. The molecule has 2 rings (SSSR count). The number of hydrogen-bond donors (Lipinski definition) is 1. The van der Waals surface area contributed by atoms with E-state index in [1.54, 1.807) is 11.3 Å². The minimum Gasteiger partial charge on any atom is -0.325 e. The lowest BCUT2D eigenvalue weighted by molar-refractivity contribution is 0.867. The first-order chi connectivity index (χ1) is 8.11. The molecule has 1 aromatic heterocycles. The molecule has 1 heterocycles. The van der Waals surface area contributed by atoms with Gasteiger partial charge in [0.2, 0.25) is 0 Å². The van der Waals surface area contributed by atoms with Gasteiger partial charge in [-0.15, -0.1) is 11.3 Å². The van der Waals surface area contributed by atoms with Crippen LogP contribution in [-0.4, -0.2) is 4.98 Å². The van der Waals surface area contributed by atoms with E-state index in [9.17, 15) is 0 Å². The zero-order valence-electron chi connectivity index (χ0n) is 10.5. The predicted molar refractivity (Wildman–Crippen MR) is 74.3 cm³/mol. The van der Waals surface area contributed by atoms with E-state index in [0.717, 1.165) is 10.7 Å². The van der Waals surface area contributed by atoms with Crippen molar-refractivity contribution in [3.8, 4) is 11.3 Å². The van der Waals surface area contributed by atoms with E-state index in [0.29, 0.717) is 12.5 Å². The van der Waals surface area contributed by atoms with Crippen LogP contribution in [0, 0.1) is 6.92 Å². The minimum absolute atomic E-state index is 0.523. The average molecular weight is 246 g/mol. The molecule has 0 aliphatic heterocycles. The van der Waals surface area contributed by atoms with Gasteiger partial charge in [0.05, 0.1) is 5.69 Å². The Balaban J connectivity index is 2.36. The number of aryl methyl sites for hydroxylation is 1. The molecule has 90 valence electrons. The molecular weight excluding hydrogens is 228 g/mol. The Morgan fingerprint density at radius 3 is 2.35 bits per heavy atom. The highest BCUT2D eigenvalue weighted by atomic mass is 32.1. The zero-order chi connectivity index (χ0) is 12.4. The summed E-state index contributed by atoms with van der Waals surface area (Å²) in [5.41, 5.74) is 9.24. The Labute approximate surface area is 107 Å². The fourth-order valence-corrected chi connectivity index (χ4v) is 2.67. The Bertz CT molecular complexity index is 497. The van der Waals surface area contributed by atoms with Crippen molar-refractivity contribution in [2.45, 2.75) is 33.2 Å². The number of benzene rings is 1. The Morgan fingerprint density at radius 2 is 1.88 bits per heavy atom. The van der Waals surface area contributed by atoms with Crippen LogP contribution in [0.15, 0.2) is 24.3 Å². The third kappa shape index (κ3) is 2.56. The number of thiazole rings is 1. The summed E-state index contributed by atoms with van der Waals surface area (Å²) in [4.78, 5) is 5.81. The third-order valence-corrected chi connectivity index (χ3v) is 3.86. The highest BCUT2D eigenvalue weighted by Gasteiger charge is 2.09. The maximum Gasteiger partial charge on any atom is 0.107 e. The Hall–Kier alpha value is -1.19. The second-order valence-corrected chi connectivity index (χ2v) is 5.78. The average Bonchev–Trinajstić information content (AvgIpc) is 2.71. The second-order valence-electron chi connectivity index (χ2n) is 4.49. The van der Waals surface area contributed by atoms with Gasteiger partial charge in [-0.2, -0.15) is 0 Å². The first kappa shape index (κ1) is 12.3. The van der Waals surface area contributed by atoms with Crippen LogP contribution in [0.25, 0.3) is 11.3 Å². The monoisotopic (exact) mass is 246 g/mol. The second kappa shape index (κ2) is 4.98. The summed E-state index contributed by atoms with van der Waals surface area (Å²) in [5, 5.41) is 1.01. The van der Waals surface area contributed by atoms with Gasteiger partial charge in [0, 0.05) is 17.0 Å². The fourth-order valence-electron chi connectivity index (χ4n) is 1.83. The smallest absolute Gasteiger partial charge is 0.107 e. The molecule has 0 radical (unpaired) electrons. The number of rotatable bonds is 3. The first-order valence-corrected chi connectivity index (χ1v) is 6.70. The molecule has 3 heteroatoms. The summed E-state index contributed by atoms with van der Waals surface area (Å²) < 4.78 is 0. The summed E-state index contributed by atoms with van der Waals surface area (Å²) >= 11 is 1.68. The molecule has 0 saturated carbocycles. The Morgan fingerprint density at radius 1 is 1.24 bits per heavy atom. The fraction of sp³-hybridized carbons (Fsp3) is 0.357. The third-order valence-electron chi connectivity index (χ3n) is 2.87. The topological polar surface area (TPSA) is 38.9 Å². The lowest BCUT2D eigenvalue weighted by atomic mass is 10.0. The van der Waals surface area contributed by atoms with Crippen LogP contribution in [0.4, 0.5) is 0 Å². The van der Waals surface area contributed by atoms with E-state index in [1.165, 1.54) is 16.0 Å². The number of nitrogens with two attached hydrogens (primary N) is 1. The molecule has 0 saturated heterocycles. The summed E-state index contributed by atoms with van der Waals surface area (Å²) in [6, 6.07) is 8.66. The van der Waals surface area contributed by atoms with E-state index in [1.807, 2.05) is 0 Å². The van der Waals surface area contributed by atoms with Crippen LogP contribution in [0.5, 0.6) is 0 Å². The maximum atomic E-state index is 5.62. The summed E-state index contributed by atoms with van der Waals surface area (Å²) in [6.07, 6.45) is 0. The summed E-state index contributed by atoms with van der Waals surface area (Å²) in [6.45, 7) is 7.03. The molecule has 0 unspecified atom stereocenters. The van der Waals surface area contributed by atoms with Gasteiger partial charge in [-0.1, -0.05) is 38.1 Å². The van der Waals surface area contributed by atoms with Crippen molar-refractivity contribution in [2.75, 3.05) is 0 Å². The molecule has 0 aliphatic rings. The van der Waals surface area contributed by atoms with Crippen molar-refractivity contribution < 1.29 is 0 Å². The molecule has 0 bridgehead atoms. The molecule has 17 heavy (non-hydrogen) atoms. The van der Waals surface area contributed by atoms with Crippen molar-refractivity contribution in [1.82, 2.24) is 4.98 Å². The van der Waals surface area contributed by atoms with Crippen LogP contribution in [0.3, 0.4) is 0 Å². The van der Waals surface area contributed by atoms with Crippen LogP contribution >= 0.6 is 11.3 Å². The van der Waals surface area contributed by atoms with Crippen molar-refractivity contribution >= 4 is 11.3 Å². The number of nitrogens with zero attached hydrogens (tertiary/aromatic N) is 1. The molecule has 1 aromatic carbocycles.